The van der Waals surface area contributed by atoms with Crippen LogP contribution in [0.4, 0.5) is 0 Å². The highest BCUT2D eigenvalue weighted by Gasteiger charge is 2.20. The first kappa shape index (κ1) is 20.0. The lowest BCUT2D eigenvalue weighted by Gasteiger charge is -2.15. The summed E-state index contributed by atoms with van der Waals surface area (Å²) in [6.07, 6.45) is 2.91. The zero-order valence-corrected chi connectivity index (χ0v) is 16.7. The van der Waals surface area contributed by atoms with Crippen molar-refractivity contribution in [3.63, 3.8) is 0 Å². The number of aryl methyl sites for hydroxylation is 1. The van der Waals surface area contributed by atoms with Gasteiger partial charge >= 0.3 is 5.97 Å². The van der Waals surface area contributed by atoms with E-state index in [4.69, 9.17) is 4.74 Å². The van der Waals surface area contributed by atoms with Gasteiger partial charge in [0.2, 0.25) is 0 Å². The lowest BCUT2D eigenvalue weighted by atomic mass is 10.1. The number of nitrogens with one attached hydrogen (secondary N) is 1. The summed E-state index contributed by atoms with van der Waals surface area (Å²) in [7, 11) is 0. The topological polar surface area (TPSA) is 90.3 Å². The van der Waals surface area contributed by atoms with Crippen molar-refractivity contribution in [2.45, 2.75) is 59.1 Å². The number of nitrogens with zero attached hydrogens (tertiary/aromatic N) is 2. The van der Waals surface area contributed by atoms with Crippen LogP contribution in [0.25, 0.3) is 10.9 Å². The van der Waals surface area contributed by atoms with Crippen molar-refractivity contribution < 1.29 is 14.3 Å². The maximum Gasteiger partial charge on any atom is 0.338 e. The number of fused-ring (bicyclic) bond motifs is 2. The van der Waals surface area contributed by atoms with E-state index in [2.05, 4.69) is 10.3 Å². The molecule has 150 valence electrons. The number of esters is 1. The summed E-state index contributed by atoms with van der Waals surface area (Å²) >= 11 is 0. The normalized spacial score (nSPS) is 15.0. The van der Waals surface area contributed by atoms with Gasteiger partial charge in [-0.1, -0.05) is 20.3 Å². The molecule has 0 saturated heterocycles. The molecule has 0 radical (unpaired) electrons. The zero-order valence-electron chi connectivity index (χ0n) is 16.7. The smallest absolute Gasteiger partial charge is 0.338 e. The maximum absolute atomic E-state index is 12.8. The number of carbonyl (C=O) groups excluding carboxylic acids is 2. The number of hydrogen-bond donors (Lipinski definition) is 1. The zero-order chi connectivity index (χ0) is 20.3. The Bertz CT molecular complexity index is 949. The van der Waals surface area contributed by atoms with Crippen LogP contribution < -0.4 is 10.9 Å². The van der Waals surface area contributed by atoms with E-state index in [0.717, 1.165) is 31.5 Å². The van der Waals surface area contributed by atoms with Crippen LogP contribution in [0, 0.1) is 5.92 Å². The fourth-order valence-electron chi connectivity index (χ4n) is 3.28. The first-order chi connectivity index (χ1) is 13.4. The van der Waals surface area contributed by atoms with E-state index in [-0.39, 0.29) is 17.0 Å². The molecule has 1 amide bonds. The molecular formula is C21H27N3O4. The van der Waals surface area contributed by atoms with Crippen LogP contribution in [0.1, 0.15) is 56.2 Å². The number of benzene rings is 1. The Morgan fingerprint density at radius 2 is 2.00 bits per heavy atom. The molecule has 1 aliphatic heterocycles. The molecule has 0 spiro atoms. The Labute approximate surface area is 164 Å². The fourth-order valence-corrected chi connectivity index (χ4v) is 3.28. The van der Waals surface area contributed by atoms with Gasteiger partial charge in [0.25, 0.3) is 11.5 Å². The molecule has 0 saturated carbocycles. The van der Waals surface area contributed by atoms with E-state index in [1.807, 2.05) is 13.8 Å². The van der Waals surface area contributed by atoms with Crippen molar-refractivity contribution in [2.75, 3.05) is 6.54 Å². The highest BCUT2D eigenvalue weighted by molar-refractivity contribution is 5.95. The molecule has 1 atom stereocenters. The summed E-state index contributed by atoms with van der Waals surface area (Å²) in [5.74, 6) is 0.144. The fraction of sp³-hybridized carbons (Fsp3) is 0.524. The van der Waals surface area contributed by atoms with E-state index < -0.39 is 12.1 Å². The summed E-state index contributed by atoms with van der Waals surface area (Å²) in [6, 6.07) is 4.74. The Morgan fingerprint density at radius 3 is 2.75 bits per heavy atom. The van der Waals surface area contributed by atoms with E-state index in [9.17, 15) is 14.4 Å². The largest absolute Gasteiger partial charge is 0.449 e. The predicted octanol–water partition coefficient (Wildman–Crippen LogP) is 2.44. The molecule has 28 heavy (non-hydrogen) atoms. The maximum atomic E-state index is 12.8. The number of aromatic nitrogens is 2. The first-order valence-electron chi connectivity index (χ1n) is 9.89. The third-order valence-corrected chi connectivity index (χ3v) is 4.89. The number of amides is 1. The van der Waals surface area contributed by atoms with Gasteiger partial charge in [-0.2, -0.15) is 0 Å². The average molecular weight is 385 g/mol. The van der Waals surface area contributed by atoms with Crippen molar-refractivity contribution in [1.29, 1.82) is 0 Å². The Balaban J connectivity index is 1.81. The van der Waals surface area contributed by atoms with Crippen LogP contribution in [0.2, 0.25) is 0 Å². The number of hydrogen-bond acceptors (Lipinski definition) is 5. The van der Waals surface area contributed by atoms with Crippen LogP contribution >= 0.6 is 0 Å². The molecular weight excluding hydrogens is 358 g/mol. The molecule has 0 bridgehead atoms. The van der Waals surface area contributed by atoms with Gasteiger partial charge in [-0.3, -0.25) is 14.2 Å². The van der Waals surface area contributed by atoms with Gasteiger partial charge in [0.05, 0.1) is 16.5 Å². The minimum atomic E-state index is -0.896. The Hall–Kier alpha value is -2.70. The molecule has 7 heteroatoms. The molecule has 7 nitrogen and oxygen atoms in total. The lowest BCUT2D eigenvalue weighted by Crippen LogP contribution is -2.37. The molecule has 1 aliphatic rings. The lowest BCUT2D eigenvalue weighted by molar-refractivity contribution is -0.129. The van der Waals surface area contributed by atoms with Crippen LogP contribution in [-0.4, -0.2) is 34.1 Å². The van der Waals surface area contributed by atoms with Gasteiger partial charge < -0.3 is 10.1 Å². The Kier molecular flexibility index (Phi) is 6.11. The van der Waals surface area contributed by atoms with Crippen molar-refractivity contribution in [1.82, 2.24) is 14.9 Å². The molecule has 3 rings (SSSR count). The van der Waals surface area contributed by atoms with E-state index in [1.165, 1.54) is 0 Å². The van der Waals surface area contributed by atoms with Gasteiger partial charge in [-0.15, -0.1) is 0 Å². The SMILES string of the molecule is CC(C)CNC(=O)[C@@H](C)OC(=O)c1ccc2c(=O)n3c(nc2c1)CCCCC3. The monoisotopic (exact) mass is 385 g/mol. The quantitative estimate of drug-likeness (QED) is 0.799. The molecule has 1 aromatic heterocycles. The van der Waals surface area contributed by atoms with Crippen LogP contribution in [0.15, 0.2) is 23.0 Å². The summed E-state index contributed by atoms with van der Waals surface area (Å²) in [5.41, 5.74) is 0.703. The van der Waals surface area contributed by atoms with Crippen LogP contribution in [-0.2, 0) is 22.5 Å². The van der Waals surface area contributed by atoms with E-state index >= 15 is 0 Å². The standard InChI is InChI=1S/C21H27N3O4/c1-13(2)12-22-19(25)14(3)28-21(27)15-8-9-16-17(11-15)23-18-7-5-4-6-10-24(18)20(16)26/h8-9,11,13-14H,4-7,10,12H2,1-3H3,(H,22,25)/t14-/m1/s1. The predicted molar refractivity (Wildman–Crippen MR) is 106 cm³/mol. The first-order valence-corrected chi connectivity index (χ1v) is 9.89. The Morgan fingerprint density at radius 1 is 1.21 bits per heavy atom. The number of ether oxygens (including phenoxy) is 1. The molecule has 0 aliphatic carbocycles. The third kappa shape index (κ3) is 4.40. The number of carbonyl (C=O) groups is 2. The molecule has 0 fully saturated rings. The van der Waals surface area contributed by atoms with Crippen molar-refractivity contribution in [3.05, 3.63) is 39.9 Å². The molecule has 0 unspecified atom stereocenters. The number of rotatable bonds is 5. The van der Waals surface area contributed by atoms with Crippen molar-refractivity contribution >= 4 is 22.8 Å². The van der Waals surface area contributed by atoms with Gasteiger partial charge in [0, 0.05) is 19.5 Å². The van der Waals surface area contributed by atoms with Gasteiger partial charge in [0.1, 0.15) is 5.82 Å². The molecule has 1 N–H and O–H groups in total. The van der Waals surface area contributed by atoms with Gasteiger partial charge in [0.15, 0.2) is 6.10 Å². The van der Waals surface area contributed by atoms with Crippen molar-refractivity contribution in [2.24, 2.45) is 5.92 Å². The summed E-state index contributed by atoms with van der Waals surface area (Å²) in [6.45, 7) is 6.73. The minimum absolute atomic E-state index is 0.0664. The second-order valence-corrected chi connectivity index (χ2v) is 7.71. The second kappa shape index (κ2) is 8.54. The second-order valence-electron chi connectivity index (χ2n) is 7.71. The third-order valence-electron chi connectivity index (χ3n) is 4.89. The van der Waals surface area contributed by atoms with Gasteiger partial charge in [-0.05, 0) is 43.9 Å². The van der Waals surface area contributed by atoms with E-state index in [1.54, 1.807) is 29.7 Å². The average Bonchev–Trinajstić information content (AvgIpc) is 2.91. The summed E-state index contributed by atoms with van der Waals surface area (Å²) in [5, 5.41) is 3.23. The van der Waals surface area contributed by atoms with E-state index in [0.29, 0.717) is 29.9 Å². The highest BCUT2D eigenvalue weighted by Crippen LogP contribution is 2.17. The van der Waals surface area contributed by atoms with Crippen molar-refractivity contribution in [3.8, 4) is 0 Å². The minimum Gasteiger partial charge on any atom is -0.449 e. The highest BCUT2D eigenvalue weighted by atomic mass is 16.5. The molecule has 2 heterocycles. The molecule has 2 aromatic rings. The van der Waals surface area contributed by atoms with Crippen LogP contribution in [0.3, 0.4) is 0 Å². The van der Waals surface area contributed by atoms with Gasteiger partial charge in [-0.25, -0.2) is 9.78 Å². The summed E-state index contributed by atoms with van der Waals surface area (Å²) < 4.78 is 7.02. The van der Waals surface area contributed by atoms with Crippen LogP contribution in [0.5, 0.6) is 0 Å². The molecule has 1 aromatic carbocycles. The summed E-state index contributed by atoms with van der Waals surface area (Å²) in [4.78, 5) is 41.8.